The second-order valence-electron chi connectivity index (χ2n) is 4.11. The molecule has 0 unspecified atom stereocenters. The fourth-order valence-corrected chi connectivity index (χ4v) is 2.37. The number of carbonyl (C=O) groups excluding carboxylic acids is 1. The smallest absolute Gasteiger partial charge is 0.303 e. The maximum atomic E-state index is 11.5. The highest BCUT2D eigenvalue weighted by Crippen LogP contribution is 2.17. The van der Waals surface area contributed by atoms with Gasteiger partial charge >= 0.3 is 5.97 Å². The van der Waals surface area contributed by atoms with Gasteiger partial charge in [-0.3, -0.25) is 9.59 Å². The number of hydrogen-bond acceptors (Lipinski definition) is 3. The average Bonchev–Trinajstić information content (AvgIpc) is 2.39. The SMILES string of the molecule is O=C(O)CCCCNC(=O)CCSc1ccccc1. The van der Waals surface area contributed by atoms with Crippen molar-refractivity contribution in [3.05, 3.63) is 30.3 Å². The van der Waals surface area contributed by atoms with Crippen LogP contribution in [0, 0.1) is 0 Å². The first kappa shape index (κ1) is 15.6. The van der Waals surface area contributed by atoms with Crippen LogP contribution in [0.25, 0.3) is 0 Å². The molecule has 1 aromatic carbocycles. The molecule has 0 fully saturated rings. The van der Waals surface area contributed by atoms with Gasteiger partial charge in [0.1, 0.15) is 0 Å². The molecule has 0 bridgehead atoms. The minimum atomic E-state index is -0.786. The molecule has 0 heterocycles. The van der Waals surface area contributed by atoms with E-state index in [-0.39, 0.29) is 12.3 Å². The molecule has 0 aliphatic heterocycles. The lowest BCUT2D eigenvalue weighted by Gasteiger charge is -2.04. The molecule has 1 amide bonds. The lowest BCUT2D eigenvalue weighted by atomic mass is 10.2. The quantitative estimate of drug-likeness (QED) is 0.539. The van der Waals surface area contributed by atoms with Crippen molar-refractivity contribution < 1.29 is 14.7 Å². The van der Waals surface area contributed by atoms with Crippen LogP contribution in [-0.2, 0) is 9.59 Å². The van der Waals surface area contributed by atoms with E-state index in [1.165, 1.54) is 0 Å². The molecule has 104 valence electrons. The molecule has 0 saturated carbocycles. The summed E-state index contributed by atoms with van der Waals surface area (Å²) >= 11 is 1.66. The van der Waals surface area contributed by atoms with Gasteiger partial charge in [0.15, 0.2) is 0 Å². The van der Waals surface area contributed by atoms with E-state index in [9.17, 15) is 9.59 Å². The van der Waals surface area contributed by atoms with Crippen molar-refractivity contribution in [1.82, 2.24) is 5.32 Å². The van der Waals surface area contributed by atoms with E-state index in [4.69, 9.17) is 5.11 Å². The summed E-state index contributed by atoms with van der Waals surface area (Å²) in [4.78, 5) is 22.9. The first-order valence-corrected chi connectivity index (χ1v) is 7.33. The fraction of sp³-hybridized carbons (Fsp3) is 0.429. The van der Waals surface area contributed by atoms with Crippen molar-refractivity contribution in [2.45, 2.75) is 30.6 Å². The van der Waals surface area contributed by atoms with Gasteiger partial charge in [-0.2, -0.15) is 0 Å². The molecule has 0 aliphatic rings. The number of carboxylic acid groups (broad SMARTS) is 1. The van der Waals surface area contributed by atoms with Crippen LogP contribution in [0.1, 0.15) is 25.7 Å². The van der Waals surface area contributed by atoms with Gasteiger partial charge in [0.2, 0.25) is 5.91 Å². The van der Waals surface area contributed by atoms with Crippen molar-refractivity contribution in [2.75, 3.05) is 12.3 Å². The molecule has 0 atom stereocenters. The number of benzene rings is 1. The molecule has 19 heavy (non-hydrogen) atoms. The van der Waals surface area contributed by atoms with Crippen LogP contribution < -0.4 is 5.32 Å². The van der Waals surface area contributed by atoms with E-state index in [2.05, 4.69) is 5.32 Å². The third kappa shape index (κ3) is 8.26. The van der Waals surface area contributed by atoms with Crippen LogP contribution >= 0.6 is 11.8 Å². The van der Waals surface area contributed by atoms with Gasteiger partial charge in [0.05, 0.1) is 0 Å². The zero-order valence-electron chi connectivity index (χ0n) is 10.8. The molecule has 0 radical (unpaired) electrons. The highest BCUT2D eigenvalue weighted by molar-refractivity contribution is 7.99. The van der Waals surface area contributed by atoms with Crippen molar-refractivity contribution in [1.29, 1.82) is 0 Å². The summed E-state index contributed by atoms with van der Waals surface area (Å²) in [5, 5.41) is 11.3. The second kappa shape index (κ2) is 9.44. The monoisotopic (exact) mass is 281 g/mol. The number of nitrogens with one attached hydrogen (secondary N) is 1. The summed E-state index contributed by atoms with van der Waals surface area (Å²) in [6.45, 7) is 0.558. The highest BCUT2D eigenvalue weighted by Gasteiger charge is 2.02. The topological polar surface area (TPSA) is 66.4 Å². The molecule has 0 aromatic heterocycles. The maximum Gasteiger partial charge on any atom is 0.303 e. The number of unbranched alkanes of at least 4 members (excludes halogenated alkanes) is 1. The lowest BCUT2D eigenvalue weighted by molar-refractivity contribution is -0.137. The van der Waals surface area contributed by atoms with Crippen LogP contribution in [0.5, 0.6) is 0 Å². The molecule has 0 saturated heterocycles. The zero-order valence-corrected chi connectivity index (χ0v) is 11.6. The Bertz CT molecular complexity index is 395. The molecule has 1 aromatic rings. The highest BCUT2D eigenvalue weighted by atomic mass is 32.2. The molecular formula is C14H19NO3S. The van der Waals surface area contributed by atoms with Crippen molar-refractivity contribution in [3.63, 3.8) is 0 Å². The Hall–Kier alpha value is -1.49. The van der Waals surface area contributed by atoms with Crippen LogP contribution in [0.15, 0.2) is 35.2 Å². The van der Waals surface area contributed by atoms with Gasteiger partial charge in [-0.15, -0.1) is 11.8 Å². The minimum Gasteiger partial charge on any atom is -0.481 e. The van der Waals surface area contributed by atoms with Gasteiger partial charge in [-0.25, -0.2) is 0 Å². The summed E-state index contributed by atoms with van der Waals surface area (Å²) in [6, 6.07) is 9.96. The first-order valence-electron chi connectivity index (χ1n) is 6.35. The molecule has 0 spiro atoms. The van der Waals surface area contributed by atoms with Gasteiger partial charge in [0.25, 0.3) is 0 Å². The van der Waals surface area contributed by atoms with E-state index in [1.807, 2.05) is 30.3 Å². The molecule has 5 heteroatoms. The Labute approximate surface area is 117 Å². The number of amides is 1. The van der Waals surface area contributed by atoms with Crippen molar-refractivity contribution >= 4 is 23.6 Å². The number of aliphatic carboxylic acids is 1. The van der Waals surface area contributed by atoms with Gasteiger partial charge in [0, 0.05) is 30.0 Å². The largest absolute Gasteiger partial charge is 0.481 e. The number of rotatable bonds is 9. The molecule has 1 rings (SSSR count). The predicted molar refractivity (Wildman–Crippen MR) is 76.3 cm³/mol. The number of hydrogen-bond donors (Lipinski definition) is 2. The van der Waals surface area contributed by atoms with E-state index in [0.29, 0.717) is 25.8 Å². The summed E-state index contributed by atoms with van der Waals surface area (Å²) in [5.74, 6) is -0.00493. The summed E-state index contributed by atoms with van der Waals surface area (Å²) in [7, 11) is 0. The third-order valence-corrected chi connectivity index (χ3v) is 3.49. The van der Waals surface area contributed by atoms with Crippen molar-refractivity contribution in [2.24, 2.45) is 0 Å². The van der Waals surface area contributed by atoms with E-state index in [1.54, 1.807) is 11.8 Å². The van der Waals surface area contributed by atoms with Gasteiger partial charge in [-0.1, -0.05) is 18.2 Å². The molecule has 0 aliphatic carbocycles. The minimum absolute atomic E-state index is 0.0266. The van der Waals surface area contributed by atoms with E-state index < -0.39 is 5.97 Å². The lowest BCUT2D eigenvalue weighted by Crippen LogP contribution is -2.24. The number of thioether (sulfide) groups is 1. The molecule has 2 N–H and O–H groups in total. The first-order chi connectivity index (χ1) is 9.18. The standard InChI is InChI=1S/C14H19NO3S/c16-13(15-10-5-4-8-14(17)18)9-11-19-12-6-2-1-3-7-12/h1-3,6-7H,4-5,8-11H2,(H,15,16)(H,17,18). The average molecular weight is 281 g/mol. The zero-order chi connectivity index (χ0) is 13.9. The summed E-state index contributed by atoms with van der Waals surface area (Å²) in [5.41, 5.74) is 0. The Morgan fingerprint density at radius 1 is 1.11 bits per heavy atom. The van der Waals surface area contributed by atoms with Crippen LogP contribution in [-0.4, -0.2) is 29.3 Å². The van der Waals surface area contributed by atoms with Crippen molar-refractivity contribution in [3.8, 4) is 0 Å². The Morgan fingerprint density at radius 3 is 2.53 bits per heavy atom. The number of carbonyl (C=O) groups is 2. The van der Waals surface area contributed by atoms with Gasteiger partial charge < -0.3 is 10.4 Å². The maximum absolute atomic E-state index is 11.5. The summed E-state index contributed by atoms with van der Waals surface area (Å²) in [6.07, 6.45) is 1.97. The Kier molecular flexibility index (Phi) is 7.74. The second-order valence-corrected chi connectivity index (χ2v) is 5.28. The fourth-order valence-electron chi connectivity index (χ4n) is 1.50. The Morgan fingerprint density at radius 2 is 1.84 bits per heavy atom. The van der Waals surface area contributed by atoms with E-state index in [0.717, 1.165) is 10.6 Å². The summed E-state index contributed by atoms with van der Waals surface area (Å²) < 4.78 is 0. The normalized spacial score (nSPS) is 10.1. The van der Waals surface area contributed by atoms with Crippen LogP contribution in [0.4, 0.5) is 0 Å². The van der Waals surface area contributed by atoms with E-state index >= 15 is 0 Å². The predicted octanol–water partition coefficient (Wildman–Crippen LogP) is 2.54. The molecular weight excluding hydrogens is 262 g/mol. The van der Waals surface area contributed by atoms with Crippen LogP contribution in [0.2, 0.25) is 0 Å². The van der Waals surface area contributed by atoms with Crippen LogP contribution in [0.3, 0.4) is 0 Å². The number of carboxylic acids is 1. The third-order valence-electron chi connectivity index (χ3n) is 2.48. The van der Waals surface area contributed by atoms with Gasteiger partial charge in [-0.05, 0) is 25.0 Å². The molecule has 4 nitrogen and oxygen atoms in total. The Balaban J connectivity index is 2.01.